The fourth-order valence-electron chi connectivity index (χ4n) is 4.71. The topological polar surface area (TPSA) is 44.4 Å². The molecule has 3 aliphatic rings. The van der Waals surface area contributed by atoms with Gasteiger partial charge in [-0.1, -0.05) is 12.1 Å². The van der Waals surface area contributed by atoms with Gasteiger partial charge in [-0.3, -0.25) is 9.69 Å². The van der Waals surface area contributed by atoms with Crippen LogP contribution in [0.5, 0.6) is 0 Å². The van der Waals surface area contributed by atoms with Gasteiger partial charge in [-0.05, 0) is 75.4 Å². The fourth-order valence-corrected chi connectivity index (χ4v) is 4.71. The summed E-state index contributed by atoms with van der Waals surface area (Å²) in [5, 5.41) is 6.60. The third-order valence-corrected chi connectivity index (χ3v) is 6.09. The molecular weight excluding hydrogens is 357 g/mol. The summed E-state index contributed by atoms with van der Waals surface area (Å²) in [5.74, 6) is 0.686. The molecule has 1 atom stereocenters. The number of amides is 1. The molecule has 0 radical (unpaired) electrons. The van der Waals surface area contributed by atoms with Crippen molar-refractivity contribution in [3.63, 3.8) is 0 Å². The van der Waals surface area contributed by atoms with Crippen LogP contribution in [0.4, 0.5) is 0 Å². The van der Waals surface area contributed by atoms with Crippen molar-refractivity contribution in [3.05, 3.63) is 35.4 Å². The molecule has 3 saturated heterocycles. The number of carbonyl (C=O) groups is 1. The van der Waals surface area contributed by atoms with Gasteiger partial charge in [-0.15, -0.1) is 24.8 Å². The Morgan fingerprint density at radius 1 is 1.16 bits per heavy atom. The molecular formula is C19H29Cl2N3O. The second-order valence-electron chi connectivity index (χ2n) is 7.41. The molecule has 2 N–H and O–H groups in total. The second-order valence-corrected chi connectivity index (χ2v) is 7.41. The summed E-state index contributed by atoms with van der Waals surface area (Å²) in [4.78, 5) is 15.1. The number of hydrogen-bond donors (Lipinski definition) is 2. The highest BCUT2D eigenvalue weighted by molar-refractivity contribution is 5.94. The first-order valence-electron chi connectivity index (χ1n) is 9.11. The number of benzene rings is 1. The van der Waals surface area contributed by atoms with Crippen molar-refractivity contribution in [2.75, 3.05) is 32.7 Å². The summed E-state index contributed by atoms with van der Waals surface area (Å²) in [6.07, 6.45) is 6.23. The Morgan fingerprint density at radius 2 is 1.84 bits per heavy atom. The lowest BCUT2D eigenvalue weighted by molar-refractivity contribution is 0.0919. The van der Waals surface area contributed by atoms with Crippen molar-refractivity contribution in [2.24, 2.45) is 0 Å². The Morgan fingerprint density at radius 3 is 2.44 bits per heavy atom. The Hall–Kier alpha value is -0.810. The predicted molar refractivity (Wildman–Crippen MR) is 106 cm³/mol. The van der Waals surface area contributed by atoms with Crippen molar-refractivity contribution in [1.29, 1.82) is 0 Å². The molecule has 1 aromatic rings. The summed E-state index contributed by atoms with van der Waals surface area (Å²) >= 11 is 0. The van der Waals surface area contributed by atoms with Gasteiger partial charge in [-0.2, -0.15) is 0 Å². The number of fused-ring (bicyclic) bond motifs is 1. The predicted octanol–water partition coefficient (Wildman–Crippen LogP) is 2.97. The van der Waals surface area contributed by atoms with Gasteiger partial charge in [0.05, 0.1) is 0 Å². The Labute approximate surface area is 162 Å². The molecule has 3 aliphatic heterocycles. The quantitative estimate of drug-likeness (QED) is 0.836. The van der Waals surface area contributed by atoms with E-state index in [1.54, 1.807) is 0 Å². The van der Waals surface area contributed by atoms with E-state index in [0.717, 1.165) is 25.2 Å². The van der Waals surface area contributed by atoms with Gasteiger partial charge in [0.2, 0.25) is 0 Å². The largest absolute Gasteiger partial charge is 0.350 e. The Bertz CT molecular complexity index is 563. The molecule has 1 unspecified atom stereocenters. The van der Waals surface area contributed by atoms with E-state index in [-0.39, 0.29) is 36.3 Å². The lowest BCUT2D eigenvalue weighted by Gasteiger charge is -2.32. The summed E-state index contributed by atoms with van der Waals surface area (Å²) in [6.45, 7) is 5.38. The standard InChI is InChI=1S/C19H27N3O.2ClH/c23-18(21-14-19-8-1-11-22(19)12-2-9-19)16-5-3-15(4-6-16)17-7-10-20-13-17;;/h3-6,17,20H,1-2,7-14H2,(H,21,23);2*1H. The fraction of sp³-hybridized carbons (Fsp3) is 0.632. The monoisotopic (exact) mass is 385 g/mol. The zero-order valence-corrected chi connectivity index (χ0v) is 16.3. The van der Waals surface area contributed by atoms with Crippen molar-refractivity contribution in [3.8, 4) is 0 Å². The smallest absolute Gasteiger partial charge is 0.251 e. The lowest BCUT2D eigenvalue weighted by atomic mass is 9.94. The summed E-state index contributed by atoms with van der Waals surface area (Å²) < 4.78 is 0. The maximum Gasteiger partial charge on any atom is 0.251 e. The first kappa shape index (κ1) is 20.5. The number of nitrogens with zero attached hydrogens (tertiary/aromatic N) is 1. The number of halogens is 2. The van der Waals surface area contributed by atoms with E-state index < -0.39 is 0 Å². The van der Waals surface area contributed by atoms with Crippen molar-refractivity contribution in [2.45, 2.75) is 43.6 Å². The van der Waals surface area contributed by atoms with Crippen molar-refractivity contribution >= 4 is 30.7 Å². The van der Waals surface area contributed by atoms with E-state index in [1.807, 2.05) is 12.1 Å². The van der Waals surface area contributed by atoms with E-state index in [4.69, 9.17) is 0 Å². The zero-order chi connectivity index (χ0) is 15.7. The molecule has 0 aliphatic carbocycles. The maximum absolute atomic E-state index is 12.5. The van der Waals surface area contributed by atoms with E-state index in [2.05, 4.69) is 27.7 Å². The minimum Gasteiger partial charge on any atom is -0.350 e. The molecule has 0 saturated carbocycles. The van der Waals surface area contributed by atoms with Crippen LogP contribution in [0.1, 0.15) is 53.9 Å². The number of rotatable bonds is 4. The van der Waals surface area contributed by atoms with Gasteiger partial charge in [0.25, 0.3) is 5.91 Å². The van der Waals surface area contributed by atoms with Crippen LogP contribution in [0.25, 0.3) is 0 Å². The number of carbonyl (C=O) groups excluding carboxylic acids is 1. The average molecular weight is 386 g/mol. The highest BCUT2D eigenvalue weighted by atomic mass is 35.5. The van der Waals surface area contributed by atoms with Crippen LogP contribution < -0.4 is 10.6 Å². The first-order chi connectivity index (χ1) is 11.3. The third kappa shape index (κ3) is 4.13. The molecule has 140 valence electrons. The van der Waals surface area contributed by atoms with Crippen LogP contribution in [-0.2, 0) is 0 Å². The average Bonchev–Trinajstić information content (AvgIpc) is 3.29. The van der Waals surface area contributed by atoms with Gasteiger partial charge < -0.3 is 10.6 Å². The molecule has 4 rings (SSSR count). The minimum atomic E-state index is 0. The second kappa shape index (κ2) is 8.72. The van der Waals surface area contributed by atoms with Gasteiger partial charge in [0, 0.05) is 24.2 Å². The molecule has 0 bridgehead atoms. The van der Waals surface area contributed by atoms with Crippen LogP contribution in [0.2, 0.25) is 0 Å². The van der Waals surface area contributed by atoms with E-state index >= 15 is 0 Å². The van der Waals surface area contributed by atoms with Crippen LogP contribution in [-0.4, -0.2) is 49.1 Å². The summed E-state index contributed by atoms with van der Waals surface area (Å²) in [7, 11) is 0. The van der Waals surface area contributed by atoms with Crippen LogP contribution in [0.3, 0.4) is 0 Å². The molecule has 0 spiro atoms. The Balaban J connectivity index is 0.00000113. The Kier molecular flexibility index (Phi) is 7.15. The van der Waals surface area contributed by atoms with Crippen LogP contribution >= 0.6 is 24.8 Å². The molecule has 3 heterocycles. The zero-order valence-electron chi connectivity index (χ0n) is 14.6. The van der Waals surface area contributed by atoms with Crippen molar-refractivity contribution in [1.82, 2.24) is 15.5 Å². The molecule has 6 heteroatoms. The molecule has 25 heavy (non-hydrogen) atoms. The van der Waals surface area contributed by atoms with Gasteiger partial charge in [-0.25, -0.2) is 0 Å². The first-order valence-corrected chi connectivity index (χ1v) is 9.11. The van der Waals surface area contributed by atoms with Gasteiger partial charge in [0.15, 0.2) is 0 Å². The molecule has 4 nitrogen and oxygen atoms in total. The van der Waals surface area contributed by atoms with E-state index in [9.17, 15) is 4.79 Å². The minimum absolute atomic E-state index is 0. The van der Waals surface area contributed by atoms with Crippen LogP contribution in [0.15, 0.2) is 24.3 Å². The highest BCUT2D eigenvalue weighted by Gasteiger charge is 2.44. The number of hydrogen-bond acceptors (Lipinski definition) is 3. The third-order valence-electron chi connectivity index (χ3n) is 6.09. The normalized spacial score (nSPS) is 24.2. The molecule has 1 amide bonds. The maximum atomic E-state index is 12.5. The molecule has 1 aromatic carbocycles. The molecule has 0 aromatic heterocycles. The highest BCUT2D eigenvalue weighted by Crippen LogP contribution is 2.38. The SMILES string of the molecule is Cl.Cl.O=C(NCC12CCCN1CCC2)c1ccc(C2CCNC2)cc1. The summed E-state index contributed by atoms with van der Waals surface area (Å²) in [6, 6.07) is 8.23. The lowest BCUT2D eigenvalue weighted by Crippen LogP contribution is -2.48. The van der Waals surface area contributed by atoms with Crippen molar-refractivity contribution < 1.29 is 4.79 Å². The van der Waals surface area contributed by atoms with E-state index in [0.29, 0.717) is 5.92 Å². The summed E-state index contributed by atoms with van der Waals surface area (Å²) in [5.41, 5.74) is 2.40. The van der Waals surface area contributed by atoms with Gasteiger partial charge in [0.1, 0.15) is 0 Å². The van der Waals surface area contributed by atoms with Gasteiger partial charge >= 0.3 is 0 Å². The van der Waals surface area contributed by atoms with Crippen LogP contribution in [0, 0.1) is 0 Å². The molecule has 3 fully saturated rings. The van der Waals surface area contributed by atoms with E-state index in [1.165, 1.54) is 50.8 Å². The number of nitrogens with one attached hydrogen (secondary N) is 2.